The van der Waals surface area contributed by atoms with E-state index >= 15 is 0 Å². The van der Waals surface area contributed by atoms with Crippen molar-refractivity contribution in [2.24, 2.45) is 0 Å². The van der Waals surface area contributed by atoms with Crippen LogP contribution in [-0.2, 0) is 6.42 Å². The standard InChI is InChI=1S/C16H19NO/c1-11-4-7-15(17-10-11)16(18)9-14-6-5-12(2)13(3)8-14/h4-8,10,16,18H,9H2,1-3H3. The van der Waals surface area contributed by atoms with E-state index in [1.807, 2.05) is 19.1 Å². The molecule has 1 aromatic carbocycles. The fraction of sp³-hybridized carbons (Fsp3) is 0.312. The first kappa shape index (κ1) is 12.8. The molecule has 0 fully saturated rings. The zero-order chi connectivity index (χ0) is 13.1. The molecule has 0 bridgehead atoms. The zero-order valence-electron chi connectivity index (χ0n) is 11.1. The summed E-state index contributed by atoms with van der Waals surface area (Å²) in [4.78, 5) is 4.26. The third-order valence-electron chi connectivity index (χ3n) is 3.28. The lowest BCUT2D eigenvalue weighted by atomic mass is 10.0. The Morgan fingerprint density at radius 3 is 2.44 bits per heavy atom. The van der Waals surface area contributed by atoms with Crippen molar-refractivity contribution < 1.29 is 5.11 Å². The molecule has 0 spiro atoms. The first-order chi connectivity index (χ1) is 8.56. The van der Waals surface area contributed by atoms with Gasteiger partial charge in [0.1, 0.15) is 0 Å². The van der Waals surface area contributed by atoms with Gasteiger partial charge < -0.3 is 5.11 Å². The van der Waals surface area contributed by atoms with Crippen molar-refractivity contribution in [2.45, 2.75) is 33.3 Å². The summed E-state index contributed by atoms with van der Waals surface area (Å²) in [5, 5.41) is 10.2. The van der Waals surface area contributed by atoms with Crippen LogP contribution >= 0.6 is 0 Å². The van der Waals surface area contributed by atoms with Crippen LogP contribution < -0.4 is 0 Å². The van der Waals surface area contributed by atoms with E-state index in [-0.39, 0.29) is 0 Å². The summed E-state index contributed by atoms with van der Waals surface area (Å²) in [6.07, 6.45) is 1.86. The van der Waals surface area contributed by atoms with Crippen LogP contribution in [0.2, 0.25) is 0 Å². The van der Waals surface area contributed by atoms with Gasteiger partial charge in [-0.1, -0.05) is 24.3 Å². The number of rotatable bonds is 3. The van der Waals surface area contributed by atoms with Crippen LogP contribution in [0, 0.1) is 20.8 Å². The Kier molecular flexibility index (Phi) is 3.78. The Balaban J connectivity index is 2.13. The highest BCUT2D eigenvalue weighted by atomic mass is 16.3. The molecule has 2 rings (SSSR count). The number of benzene rings is 1. The molecule has 0 aliphatic rings. The van der Waals surface area contributed by atoms with Gasteiger partial charge in [-0.05, 0) is 49.1 Å². The predicted octanol–water partition coefficient (Wildman–Crippen LogP) is 3.28. The second-order valence-electron chi connectivity index (χ2n) is 4.90. The summed E-state index contributed by atoms with van der Waals surface area (Å²) >= 11 is 0. The van der Waals surface area contributed by atoms with E-state index < -0.39 is 6.10 Å². The Bertz CT molecular complexity index is 531. The molecule has 18 heavy (non-hydrogen) atoms. The lowest BCUT2D eigenvalue weighted by Gasteiger charge is -2.11. The molecule has 0 aliphatic heterocycles. The molecule has 2 heteroatoms. The summed E-state index contributed by atoms with van der Waals surface area (Å²) in [6, 6.07) is 10.2. The maximum atomic E-state index is 10.2. The van der Waals surface area contributed by atoms with E-state index in [1.165, 1.54) is 11.1 Å². The van der Waals surface area contributed by atoms with Crippen molar-refractivity contribution in [1.82, 2.24) is 4.98 Å². The highest BCUT2D eigenvalue weighted by Crippen LogP contribution is 2.18. The molecule has 1 heterocycles. The normalized spacial score (nSPS) is 12.4. The van der Waals surface area contributed by atoms with Gasteiger partial charge >= 0.3 is 0 Å². The van der Waals surface area contributed by atoms with Crippen LogP contribution in [0.15, 0.2) is 36.5 Å². The van der Waals surface area contributed by atoms with Crippen molar-refractivity contribution in [3.8, 4) is 0 Å². The van der Waals surface area contributed by atoms with E-state index in [0.717, 1.165) is 16.8 Å². The number of aliphatic hydroxyl groups is 1. The van der Waals surface area contributed by atoms with Crippen LogP contribution in [0.25, 0.3) is 0 Å². The topological polar surface area (TPSA) is 33.1 Å². The monoisotopic (exact) mass is 241 g/mol. The molecular formula is C16H19NO. The molecule has 0 radical (unpaired) electrons. The molecular weight excluding hydrogens is 222 g/mol. The summed E-state index contributed by atoms with van der Waals surface area (Å²) in [6.45, 7) is 6.18. The minimum atomic E-state index is -0.535. The molecule has 0 aliphatic carbocycles. The van der Waals surface area contributed by atoms with Gasteiger partial charge in [0.05, 0.1) is 11.8 Å². The lowest BCUT2D eigenvalue weighted by Crippen LogP contribution is -2.04. The van der Waals surface area contributed by atoms with Gasteiger partial charge in [-0.3, -0.25) is 4.98 Å². The van der Waals surface area contributed by atoms with Gasteiger partial charge in [0.25, 0.3) is 0 Å². The van der Waals surface area contributed by atoms with Crippen molar-refractivity contribution in [3.05, 3.63) is 64.5 Å². The first-order valence-electron chi connectivity index (χ1n) is 6.23. The largest absolute Gasteiger partial charge is 0.386 e. The number of aromatic nitrogens is 1. The van der Waals surface area contributed by atoms with Gasteiger partial charge in [-0.25, -0.2) is 0 Å². The summed E-state index contributed by atoms with van der Waals surface area (Å²) < 4.78 is 0. The van der Waals surface area contributed by atoms with E-state index in [1.54, 1.807) is 6.20 Å². The van der Waals surface area contributed by atoms with Gasteiger partial charge in [0, 0.05) is 12.6 Å². The maximum absolute atomic E-state index is 10.2. The summed E-state index contributed by atoms with van der Waals surface area (Å²) in [5.41, 5.74) is 5.53. The van der Waals surface area contributed by atoms with E-state index in [9.17, 15) is 5.11 Å². The summed E-state index contributed by atoms with van der Waals surface area (Å²) in [5.74, 6) is 0. The smallest absolute Gasteiger partial charge is 0.0999 e. The molecule has 2 nitrogen and oxygen atoms in total. The number of nitrogens with zero attached hydrogens (tertiary/aromatic N) is 1. The van der Waals surface area contributed by atoms with Gasteiger partial charge in [-0.2, -0.15) is 0 Å². The van der Waals surface area contributed by atoms with Crippen LogP contribution in [0.1, 0.15) is 34.1 Å². The Hall–Kier alpha value is -1.67. The number of hydrogen-bond donors (Lipinski definition) is 1. The molecule has 1 N–H and O–H groups in total. The van der Waals surface area contributed by atoms with Crippen LogP contribution in [0.3, 0.4) is 0 Å². The molecule has 1 atom stereocenters. The second-order valence-corrected chi connectivity index (χ2v) is 4.90. The van der Waals surface area contributed by atoms with Gasteiger partial charge in [-0.15, -0.1) is 0 Å². The quantitative estimate of drug-likeness (QED) is 0.894. The Morgan fingerprint density at radius 2 is 1.83 bits per heavy atom. The average Bonchev–Trinajstić information content (AvgIpc) is 2.34. The fourth-order valence-electron chi connectivity index (χ4n) is 1.93. The van der Waals surface area contributed by atoms with E-state index in [4.69, 9.17) is 0 Å². The number of pyridine rings is 1. The van der Waals surface area contributed by atoms with E-state index in [2.05, 4.69) is 37.0 Å². The number of aliphatic hydroxyl groups excluding tert-OH is 1. The first-order valence-corrected chi connectivity index (χ1v) is 6.23. The molecule has 2 aromatic rings. The third-order valence-corrected chi connectivity index (χ3v) is 3.28. The third kappa shape index (κ3) is 2.96. The van der Waals surface area contributed by atoms with Gasteiger partial charge in [0.2, 0.25) is 0 Å². The Morgan fingerprint density at radius 1 is 1.06 bits per heavy atom. The molecule has 94 valence electrons. The van der Waals surface area contributed by atoms with Crippen molar-refractivity contribution in [1.29, 1.82) is 0 Å². The highest BCUT2D eigenvalue weighted by Gasteiger charge is 2.10. The molecule has 0 saturated carbocycles. The number of hydrogen-bond acceptors (Lipinski definition) is 2. The molecule has 1 unspecified atom stereocenters. The highest BCUT2D eigenvalue weighted by molar-refractivity contribution is 5.30. The van der Waals surface area contributed by atoms with Crippen LogP contribution in [-0.4, -0.2) is 10.1 Å². The molecule has 0 saturated heterocycles. The van der Waals surface area contributed by atoms with Crippen molar-refractivity contribution in [2.75, 3.05) is 0 Å². The van der Waals surface area contributed by atoms with Crippen molar-refractivity contribution in [3.63, 3.8) is 0 Å². The minimum Gasteiger partial charge on any atom is -0.386 e. The molecule has 0 amide bonds. The van der Waals surface area contributed by atoms with Crippen molar-refractivity contribution >= 4 is 0 Å². The number of aryl methyl sites for hydroxylation is 3. The Labute approximate surface area is 108 Å². The molecule has 1 aromatic heterocycles. The SMILES string of the molecule is Cc1ccc(C(O)Cc2ccc(C)c(C)c2)nc1. The maximum Gasteiger partial charge on any atom is 0.0999 e. The van der Waals surface area contributed by atoms with E-state index in [0.29, 0.717) is 6.42 Å². The lowest BCUT2D eigenvalue weighted by molar-refractivity contribution is 0.173. The van der Waals surface area contributed by atoms with Crippen LogP contribution in [0.5, 0.6) is 0 Å². The second kappa shape index (κ2) is 5.32. The van der Waals surface area contributed by atoms with Crippen LogP contribution in [0.4, 0.5) is 0 Å². The zero-order valence-corrected chi connectivity index (χ0v) is 11.1. The van der Waals surface area contributed by atoms with Gasteiger partial charge in [0.15, 0.2) is 0 Å². The average molecular weight is 241 g/mol. The predicted molar refractivity (Wildman–Crippen MR) is 73.6 cm³/mol. The fourth-order valence-corrected chi connectivity index (χ4v) is 1.93. The summed E-state index contributed by atoms with van der Waals surface area (Å²) in [7, 11) is 0. The minimum absolute atomic E-state index is 0.535.